The van der Waals surface area contributed by atoms with Crippen molar-refractivity contribution in [1.29, 1.82) is 0 Å². The molecule has 34 valence electrons. The van der Waals surface area contributed by atoms with Crippen molar-refractivity contribution in [1.82, 2.24) is 0 Å². The smallest absolute Gasteiger partial charge is 0.118 e. The van der Waals surface area contributed by atoms with Gasteiger partial charge in [-0.3, -0.25) is 0 Å². The van der Waals surface area contributed by atoms with Crippen molar-refractivity contribution in [2.45, 2.75) is 0 Å². The van der Waals surface area contributed by atoms with E-state index in [-0.39, 0.29) is 24.0 Å². The second-order valence-electron chi connectivity index (χ2n) is 0.292. The molecule has 0 aromatic carbocycles. The van der Waals surface area contributed by atoms with Crippen LogP contribution in [0.15, 0.2) is 0 Å². The summed E-state index contributed by atoms with van der Waals surface area (Å²) in [6.45, 7) is -2.03. The molecule has 0 radical (unpaired) electrons. The molecule has 0 aliphatic rings. The molecule has 0 bridgehead atoms. The first-order valence-electron chi connectivity index (χ1n) is 2.74. The van der Waals surface area contributed by atoms with Gasteiger partial charge in [0, 0.05) is 15.1 Å². The fourth-order valence-electron chi connectivity index (χ4n) is 0. The van der Waals surface area contributed by atoms with E-state index >= 15 is 0 Å². The summed E-state index contributed by atoms with van der Waals surface area (Å²) >= 11 is 5.03. The molecular formula is C2H7Cl2N. The van der Waals surface area contributed by atoms with Gasteiger partial charge in [-0.1, -0.05) is 0 Å². The summed E-state index contributed by atoms with van der Waals surface area (Å²) in [4.78, 5) is 0. The highest BCUT2D eigenvalue weighted by atomic mass is 35.5. The summed E-state index contributed by atoms with van der Waals surface area (Å²) in [6, 6.07) is 0. The van der Waals surface area contributed by atoms with Gasteiger partial charge in [0.05, 0.1) is 0 Å². The van der Waals surface area contributed by atoms with Gasteiger partial charge in [0.1, 0.15) is 2.82 Å². The number of alkyl halides is 1. The molecule has 1 nitrogen and oxygen atoms in total. The summed E-state index contributed by atoms with van der Waals surface area (Å²) in [5.41, 5.74) is -0.0556. The lowest BCUT2D eigenvalue weighted by atomic mass is 10.8. The highest BCUT2D eigenvalue weighted by molar-refractivity contribution is 6.18. The van der Waals surface area contributed by atoms with E-state index in [2.05, 4.69) is 0 Å². The largest absolute Gasteiger partial charge is 0.329 e. The van der Waals surface area contributed by atoms with Gasteiger partial charge in [-0.05, 0) is 0 Å². The van der Waals surface area contributed by atoms with Crippen LogP contribution >= 0.6 is 24.0 Å². The standard InChI is InChI=1S/C2H6ClN.ClH/c3-1-2-4;/h1-2,4H2;1H/i2D2;/hD2. The van der Waals surface area contributed by atoms with Crippen molar-refractivity contribution in [2.24, 2.45) is 5.72 Å². The molecule has 3 heteroatoms. The van der Waals surface area contributed by atoms with Gasteiger partial charge in [-0.2, -0.15) is 0 Å². The lowest BCUT2D eigenvalue weighted by molar-refractivity contribution is 1.14. The highest BCUT2D eigenvalue weighted by Gasteiger charge is 1.58. The number of nitrogens with two attached hydrogens (primary N) is 1. The molecule has 5 heavy (non-hydrogen) atoms. The Morgan fingerprint density at radius 3 is 2.80 bits per heavy atom. The van der Waals surface area contributed by atoms with Crippen molar-refractivity contribution in [3.63, 3.8) is 0 Å². The Morgan fingerprint density at radius 1 is 2.20 bits per heavy atom. The second-order valence-corrected chi connectivity index (χ2v) is 0.559. The van der Waals surface area contributed by atoms with Gasteiger partial charge in [-0.15, -0.1) is 24.0 Å². The fraction of sp³-hybridized carbons (Fsp3) is 1.00. The minimum absolute atomic E-state index is 0. The number of rotatable bonds is 2. The Labute approximate surface area is 48.6 Å². The molecule has 0 heterocycles. The third-order valence-corrected chi connectivity index (χ3v) is 0.179. The van der Waals surface area contributed by atoms with Crippen molar-refractivity contribution >= 4 is 24.0 Å². The van der Waals surface area contributed by atoms with Crippen LogP contribution in [0, 0.1) is 0 Å². The molecule has 0 aromatic rings. The molecule has 0 aliphatic heterocycles. The maximum atomic E-state index is 6.72. The Morgan fingerprint density at radius 2 is 2.80 bits per heavy atom. The minimum Gasteiger partial charge on any atom is -0.329 e. The summed E-state index contributed by atoms with van der Waals surface area (Å²) in [6.07, 6.45) is 0. The van der Waals surface area contributed by atoms with Crippen molar-refractivity contribution in [2.75, 3.05) is 12.4 Å². The normalized spacial score (nSPS) is 21.2. The zero-order valence-corrected chi connectivity index (χ0v) is 4.01. The zero-order chi connectivity index (χ0) is 6.78. The van der Waals surface area contributed by atoms with Crippen molar-refractivity contribution < 1.29 is 5.57 Å². The topological polar surface area (TPSA) is 26.0 Å². The van der Waals surface area contributed by atoms with Crippen LogP contribution in [0.25, 0.3) is 0 Å². The van der Waals surface area contributed by atoms with Crippen molar-refractivity contribution in [3.05, 3.63) is 0 Å². The van der Waals surface area contributed by atoms with E-state index in [9.17, 15) is 0 Å². The molecule has 0 aliphatic carbocycles. The first-order valence-corrected chi connectivity index (χ1v) is 1.38. The maximum absolute atomic E-state index is 6.72. The average molecular weight is 120 g/mol. The molecule has 0 amide bonds. The van der Waals surface area contributed by atoms with Crippen LogP contribution in [-0.2, 0) is 0 Å². The van der Waals surface area contributed by atoms with Gasteiger partial charge in [-0.25, -0.2) is 0 Å². The summed E-state index contributed by atoms with van der Waals surface area (Å²) in [5, 5.41) is 0. The van der Waals surface area contributed by atoms with E-state index in [1.165, 1.54) is 0 Å². The molecule has 0 spiro atoms. The van der Waals surface area contributed by atoms with Crippen LogP contribution < -0.4 is 5.72 Å². The zero-order valence-electron chi connectivity index (χ0n) is 6.44. The monoisotopic (exact) mass is 119 g/mol. The van der Waals surface area contributed by atoms with Gasteiger partial charge >= 0.3 is 0 Å². The van der Waals surface area contributed by atoms with E-state index in [1.807, 2.05) is 0 Å². The van der Waals surface area contributed by atoms with E-state index in [4.69, 9.17) is 17.2 Å². The van der Waals surface area contributed by atoms with E-state index in [0.29, 0.717) is 0 Å². The molecule has 0 fully saturated rings. The Hall–Kier alpha value is 0.540. The summed E-state index contributed by atoms with van der Waals surface area (Å²) in [5.74, 6) is -0.361. The van der Waals surface area contributed by atoms with Crippen LogP contribution in [-0.4, -0.2) is 12.4 Å². The summed E-state index contributed by atoms with van der Waals surface area (Å²) < 4.78 is 26.3. The third kappa shape index (κ3) is 12.4. The van der Waals surface area contributed by atoms with E-state index in [0.717, 1.165) is 0 Å². The Kier molecular flexibility index (Phi) is 3.54. The van der Waals surface area contributed by atoms with E-state index in [1.54, 1.807) is 0 Å². The number of hydrogen-bond donors (Lipinski definition) is 1. The molecule has 0 unspecified atom stereocenters. The second kappa shape index (κ2) is 8.82. The predicted molar refractivity (Wildman–Crippen MR) is 27.0 cm³/mol. The molecule has 0 saturated carbocycles. The minimum atomic E-state index is -2.03. The predicted octanol–water partition coefficient (Wildman–Crippen LogP) is 0.606. The molecular weight excluding hydrogens is 109 g/mol. The SMILES string of the molecule is Cl.[2H]N([2H])C([2H])([2H])CCl. The molecule has 0 atom stereocenters. The van der Waals surface area contributed by atoms with Gasteiger partial charge in [0.2, 0.25) is 0 Å². The molecule has 0 saturated heterocycles. The summed E-state index contributed by atoms with van der Waals surface area (Å²) in [7, 11) is 0. The lowest BCUT2D eigenvalue weighted by Gasteiger charge is -1.68. The van der Waals surface area contributed by atoms with Crippen LogP contribution in [0.1, 0.15) is 2.74 Å². The van der Waals surface area contributed by atoms with Gasteiger partial charge in [0.25, 0.3) is 0 Å². The first kappa shape index (κ1) is 2.01. The number of halogens is 2. The van der Waals surface area contributed by atoms with Crippen LogP contribution in [0.3, 0.4) is 0 Å². The van der Waals surface area contributed by atoms with Crippen LogP contribution in [0.5, 0.6) is 0 Å². The van der Waals surface area contributed by atoms with Gasteiger partial charge in [0.15, 0.2) is 0 Å². The molecule has 0 aromatic heterocycles. The lowest BCUT2D eigenvalue weighted by Crippen LogP contribution is -1.97. The highest BCUT2D eigenvalue weighted by Crippen LogP contribution is 1.60. The third-order valence-electron chi connectivity index (χ3n) is 0.0598. The molecule has 2 N–H and O–H groups in total. The fourth-order valence-corrected chi connectivity index (χ4v) is 0. The van der Waals surface area contributed by atoms with Crippen molar-refractivity contribution in [3.8, 4) is 0 Å². The quantitative estimate of drug-likeness (QED) is 0.530. The average Bonchev–Trinajstić information content (AvgIpc) is 1.67. The van der Waals surface area contributed by atoms with Crippen LogP contribution in [0.4, 0.5) is 0 Å². The van der Waals surface area contributed by atoms with Crippen LogP contribution in [0.2, 0.25) is 2.82 Å². The number of hydrogen-bond acceptors (Lipinski definition) is 1. The Bertz CT molecular complexity index is 77.0. The van der Waals surface area contributed by atoms with E-state index < -0.39 is 6.50 Å². The molecule has 0 rings (SSSR count). The Balaban J connectivity index is 0. The maximum Gasteiger partial charge on any atom is 0.118 e. The first-order chi connectivity index (χ1) is 3.50. The van der Waals surface area contributed by atoms with Gasteiger partial charge < -0.3 is 5.72 Å².